The van der Waals surface area contributed by atoms with Crippen LogP contribution in [0, 0.1) is 5.82 Å². The van der Waals surface area contributed by atoms with Gasteiger partial charge >= 0.3 is 0 Å². The molecule has 0 atom stereocenters. The Bertz CT molecular complexity index is 1770. The highest BCUT2D eigenvalue weighted by Gasteiger charge is 2.16. The molecule has 0 aliphatic rings. The van der Waals surface area contributed by atoms with Gasteiger partial charge in [-0.2, -0.15) is 5.10 Å². The normalized spacial score (nSPS) is 11.6. The zero-order valence-corrected chi connectivity index (χ0v) is 20.9. The maximum absolute atomic E-state index is 14.6. The maximum atomic E-state index is 14.6. The number of aromatic nitrogens is 5. The van der Waals surface area contributed by atoms with Gasteiger partial charge in [0.2, 0.25) is 0 Å². The largest absolute Gasteiger partial charge is 0.506 e. The smallest absolute Gasteiger partial charge is 0.181 e. The molecule has 38 heavy (non-hydrogen) atoms. The molecule has 6 aromatic rings. The SMILES string of the molecule is CN(C)CCOc1cc(F)cc(-c2cccc3[nH]c(-c4[nH]nc5ncc(-c6cncc(O)c6)cc45)cc23)c1. The van der Waals surface area contributed by atoms with Crippen molar-refractivity contribution in [2.75, 3.05) is 27.2 Å². The Balaban J connectivity index is 1.40. The molecular weight excluding hydrogens is 483 g/mol. The van der Waals surface area contributed by atoms with E-state index in [1.165, 1.54) is 18.3 Å². The van der Waals surface area contributed by atoms with Crippen LogP contribution in [0.5, 0.6) is 11.5 Å². The molecular formula is C29H25FN6O2. The highest BCUT2D eigenvalue weighted by atomic mass is 19.1. The lowest BCUT2D eigenvalue weighted by molar-refractivity contribution is 0.260. The number of ether oxygens (including phenoxy) is 1. The minimum absolute atomic E-state index is 0.0850. The number of hydrogen-bond donors (Lipinski definition) is 3. The topological polar surface area (TPSA) is 103 Å². The van der Waals surface area contributed by atoms with Crippen LogP contribution in [-0.2, 0) is 0 Å². The van der Waals surface area contributed by atoms with Crippen molar-refractivity contribution in [3.05, 3.63) is 79.0 Å². The van der Waals surface area contributed by atoms with E-state index in [-0.39, 0.29) is 11.6 Å². The summed E-state index contributed by atoms with van der Waals surface area (Å²) in [5.74, 6) is 0.228. The molecule has 0 fully saturated rings. The lowest BCUT2D eigenvalue weighted by Gasteiger charge is -2.12. The van der Waals surface area contributed by atoms with Crippen LogP contribution in [0.1, 0.15) is 0 Å². The van der Waals surface area contributed by atoms with E-state index in [2.05, 4.69) is 25.1 Å². The van der Waals surface area contributed by atoms with Crippen LogP contribution in [0.2, 0.25) is 0 Å². The second-order valence-electron chi connectivity index (χ2n) is 9.40. The van der Waals surface area contributed by atoms with E-state index in [1.807, 2.05) is 55.4 Å². The van der Waals surface area contributed by atoms with E-state index in [0.717, 1.165) is 56.5 Å². The molecule has 190 valence electrons. The quantitative estimate of drug-likeness (QED) is 0.259. The average molecular weight is 509 g/mol. The van der Waals surface area contributed by atoms with Crippen LogP contribution in [0.15, 0.2) is 73.2 Å². The molecule has 3 N–H and O–H groups in total. The molecule has 2 aromatic carbocycles. The highest BCUT2D eigenvalue weighted by Crippen LogP contribution is 2.36. The Morgan fingerprint density at radius 3 is 2.66 bits per heavy atom. The summed E-state index contributed by atoms with van der Waals surface area (Å²) in [6.45, 7) is 1.20. The van der Waals surface area contributed by atoms with Crippen molar-refractivity contribution in [2.24, 2.45) is 0 Å². The first-order chi connectivity index (χ1) is 18.4. The van der Waals surface area contributed by atoms with Crippen LogP contribution in [0.4, 0.5) is 4.39 Å². The second-order valence-corrected chi connectivity index (χ2v) is 9.40. The summed E-state index contributed by atoms with van der Waals surface area (Å²) in [6.07, 6.45) is 4.77. The van der Waals surface area contributed by atoms with Gasteiger partial charge in [0.15, 0.2) is 5.65 Å². The molecule has 0 spiro atoms. The number of nitrogens with zero attached hydrogens (tertiary/aromatic N) is 4. The van der Waals surface area contributed by atoms with Gasteiger partial charge in [0.25, 0.3) is 0 Å². The minimum Gasteiger partial charge on any atom is -0.506 e. The highest BCUT2D eigenvalue weighted by molar-refractivity contribution is 6.01. The molecule has 9 heteroatoms. The Morgan fingerprint density at radius 1 is 0.947 bits per heavy atom. The van der Waals surface area contributed by atoms with E-state index in [1.54, 1.807) is 18.5 Å². The number of likely N-dealkylation sites (N-methyl/N-ethyl adjacent to an activating group) is 1. The van der Waals surface area contributed by atoms with Crippen LogP contribution in [0.3, 0.4) is 0 Å². The Kier molecular flexibility index (Phi) is 5.97. The molecule has 0 saturated heterocycles. The van der Waals surface area contributed by atoms with Gasteiger partial charge < -0.3 is 19.7 Å². The van der Waals surface area contributed by atoms with Crippen LogP contribution < -0.4 is 4.74 Å². The zero-order valence-electron chi connectivity index (χ0n) is 20.9. The van der Waals surface area contributed by atoms with Gasteiger partial charge in [-0.15, -0.1) is 0 Å². The number of pyridine rings is 2. The molecule has 0 unspecified atom stereocenters. The van der Waals surface area contributed by atoms with Crippen molar-refractivity contribution in [2.45, 2.75) is 0 Å². The van der Waals surface area contributed by atoms with E-state index < -0.39 is 0 Å². The number of aromatic amines is 2. The van der Waals surface area contributed by atoms with Crippen molar-refractivity contribution in [3.63, 3.8) is 0 Å². The Hall–Kier alpha value is -4.76. The first kappa shape index (κ1) is 23.6. The van der Waals surface area contributed by atoms with Crippen molar-refractivity contribution >= 4 is 21.9 Å². The van der Waals surface area contributed by atoms with Gasteiger partial charge in [0.1, 0.15) is 23.9 Å². The lowest BCUT2D eigenvalue weighted by Crippen LogP contribution is -2.19. The molecule has 0 aliphatic carbocycles. The van der Waals surface area contributed by atoms with Crippen LogP contribution in [-0.4, -0.2) is 62.4 Å². The number of aromatic hydroxyl groups is 1. The third kappa shape index (κ3) is 4.55. The average Bonchev–Trinajstić information content (AvgIpc) is 3.51. The number of fused-ring (bicyclic) bond motifs is 2. The maximum Gasteiger partial charge on any atom is 0.181 e. The van der Waals surface area contributed by atoms with Crippen LogP contribution in [0.25, 0.3) is 55.6 Å². The number of rotatable bonds is 7. The Labute approximate surface area is 217 Å². The predicted octanol–water partition coefficient (Wildman–Crippen LogP) is 5.62. The standard InChI is InChI=1S/C29H25FN6O2/c1-36(2)6-7-38-22-10-17(8-20(30)12-22)23-4-3-5-26-24(23)13-27(33-26)28-25-11-19(15-32-29(25)35-34-28)18-9-21(37)16-31-14-18/h3-5,8-16,33,37H,6-7H2,1-2H3,(H,32,34,35). The molecule has 0 amide bonds. The van der Waals surface area contributed by atoms with Crippen molar-refractivity contribution in [3.8, 4) is 45.1 Å². The summed E-state index contributed by atoms with van der Waals surface area (Å²) < 4.78 is 20.4. The fourth-order valence-corrected chi connectivity index (χ4v) is 4.54. The molecule has 6 rings (SSSR count). The van der Waals surface area contributed by atoms with Gasteiger partial charge in [0.05, 0.1) is 17.6 Å². The summed E-state index contributed by atoms with van der Waals surface area (Å²) in [5, 5.41) is 19.1. The predicted molar refractivity (Wildman–Crippen MR) is 146 cm³/mol. The molecule has 8 nitrogen and oxygen atoms in total. The second kappa shape index (κ2) is 9.60. The van der Waals surface area contributed by atoms with Crippen LogP contribution >= 0.6 is 0 Å². The van der Waals surface area contributed by atoms with E-state index in [0.29, 0.717) is 18.0 Å². The number of halogens is 1. The zero-order chi connectivity index (χ0) is 26.2. The number of nitrogens with one attached hydrogen (secondary N) is 2. The summed E-state index contributed by atoms with van der Waals surface area (Å²) in [6, 6.07) is 16.3. The van der Waals surface area contributed by atoms with E-state index >= 15 is 0 Å². The molecule has 0 aliphatic heterocycles. The van der Waals surface area contributed by atoms with Crippen molar-refractivity contribution < 1.29 is 14.2 Å². The number of hydrogen-bond acceptors (Lipinski definition) is 6. The molecule has 0 saturated carbocycles. The van der Waals surface area contributed by atoms with Gasteiger partial charge in [-0.1, -0.05) is 12.1 Å². The number of benzene rings is 2. The molecule has 0 radical (unpaired) electrons. The van der Waals surface area contributed by atoms with Crippen molar-refractivity contribution in [1.82, 2.24) is 30.0 Å². The minimum atomic E-state index is -0.352. The third-order valence-corrected chi connectivity index (χ3v) is 6.39. The fourth-order valence-electron chi connectivity index (χ4n) is 4.54. The van der Waals surface area contributed by atoms with E-state index in [4.69, 9.17) is 4.74 Å². The molecule has 4 aromatic heterocycles. The van der Waals surface area contributed by atoms with Gasteiger partial charge in [-0.05, 0) is 61.6 Å². The summed E-state index contributed by atoms with van der Waals surface area (Å²) >= 11 is 0. The molecule has 0 bridgehead atoms. The van der Waals surface area contributed by atoms with Gasteiger partial charge in [-0.25, -0.2) is 9.37 Å². The number of H-pyrrole nitrogens is 2. The summed E-state index contributed by atoms with van der Waals surface area (Å²) in [4.78, 5) is 14.0. The Morgan fingerprint density at radius 2 is 1.82 bits per heavy atom. The van der Waals surface area contributed by atoms with Gasteiger partial charge in [0, 0.05) is 52.4 Å². The van der Waals surface area contributed by atoms with Crippen molar-refractivity contribution in [1.29, 1.82) is 0 Å². The summed E-state index contributed by atoms with van der Waals surface area (Å²) in [5.41, 5.74) is 6.24. The molecule has 4 heterocycles. The first-order valence-electron chi connectivity index (χ1n) is 12.1. The lowest BCUT2D eigenvalue weighted by atomic mass is 10.0. The first-order valence-corrected chi connectivity index (χ1v) is 12.1. The fraction of sp³-hybridized carbons (Fsp3) is 0.138. The third-order valence-electron chi connectivity index (χ3n) is 6.39. The van der Waals surface area contributed by atoms with E-state index in [9.17, 15) is 9.50 Å². The summed E-state index contributed by atoms with van der Waals surface area (Å²) in [7, 11) is 3.93. The monoisotopic (exact) mass is 508 g/mol. The van der Waals surface area contributed by atoms with Gasteiger partial charge in [-0.3, -0.25) is 10.1 Å².